The van der Waals surface area contributed by atoms with Crippen LogP contribution in [0.2, 0.25) is 0 Å². The molecule has 0 aliphatic rings. The lowest BCUT2D eigenvalue weighted by Gasteiger charge is -2.02. The molecule has 0 aliphatic heterocycles. The van der Waals surface area contributed by atoms with Crippen LogP contribution < -0.4 is 0 Å². The van der Waals surface area contributed by atoms with Gasteiger partial charge in [0.15, 0.2) is 0 Å². The van der Waals surface area contributed by atoms with E-state index in [1.807, 2.05) is 0 Å². The van der Waals surface area contributed by atoms with Gasteiger partial charge in [0.2, 0.25) is 0 Å². The first-order valence-electron chi connectivity index (χ1n) is 6.08. The van der Waals surface area contributed by atoms with E-state index < -0.39 is 0 Å². The molecule has 0 aliphatic carbocycles. The number of unbranched alkanes of at least 4 members (excludes halogenated alkanes) is 3. The summed E-state index contributed by atoms with van der Waals surface area (Å²) in [6.45, 7) is 9.03. The van der Waals surface area contributed by atoms with Crippen molar-refractivity contribution in [2.45, 2.75) is 66.2 Å². The Morgan fingerprint density at radius 3 is 2.07 bits per heavy atom. The van der Waals surface area contributed by atoms with Crippen LogP contribution in [-0.2, 0) is 0 Å². The summed E-state index contributed by atoms with van der Waals surface area (Å²) in [5, 5.41) is 0. The topological polar surface area (TPSA) is 0 Å². The van der Waals surface area contributed by atoms with Gasteiger partial charge >= 0.3 is 0 Å². The van der Waals surface area contributed by atoms with Crippen LogP contribution in [0.3, 0.4) is 0 Å². The summed E-state index contributed by atoms with van der Waals surface area (Å²) in [4.78, 5) is 0. The molecule has 0 bridgehead atoms. The summed E-state index contributed by atoms with van der Waals surface area (Å²) in [5.74, 6) is 8.08. The maximum absolute atomic E-state index is 3.25. The second-order valence-corrected chi connectivity index (χ2v) is 4.94. The second-order valence-electron chi connectivity index (χ2n) is 4.94. The van der Waals surface area contributed by atoms with E-state index in [-0.39, 0.29) is 0 Å². The quantitative estimate of drug-likeness (QED) is 0.427. The van der Waals surface area contributed by atoms with Crippen molar-refractivity contribution in [3.63, 3.8) is 0 Å². The first kappa shape index (κ1) is 13.6. The zero-order valence-corrected chi connectivity index (χ0v) is 10.4. The molecule has 0 rings (SSSR count). The van der Waals surface area contributed by atoms with Crippen LogP contribution in [0.15, 0.2) is 0 Å². The minimum absolute atomic E-state index is 0.725. The monoisotopic (exact) mass is 194 g/mol. The van der Waals surface area contributed by atoms with E-state index in [0.717, 1.165) is 24.7 Å². The third-order valence-electron chi connectivity index (χ3n) is 2.22. The molecular formula is C14H26. The van der Waals surface area contributed by atoms with Crippen molar-refractivity contribution < 1.29 is 0 Å². The summed E-state index contributed by atoms with van der Waals surface area (Å²) < 4.78 is 0. The van der Waals surface area contributed by atoms with Crippen LogP contribution in [-0.4, -0.2) is 0 Å². The predicted molar refractivity (Wildman–Crippen MR) is 65.2 cm³/mol. The van der Waals surface area contributed by atoms with Gasteiger partial charge in [0.05, 0.1) is 0 Å². The maximum Gasteiger partial charge on any atom is 0.0112 e. The molecule has 82 valence electrons. The van der Waals surface area contributed by atoms with Crippen molar-refractivity contribution in [2.24, 2.45) is 11.8 Å². The van der Waals surface area contributed by atoms with Crippen molar-refractivity contribution in [1.29, 1.82) is 0 Å². The van der Waals surface area contributed by atoms with Crippen molar-refractivity contribution >= 4 is 0 Å². The molecule has 0 unspecified atom stereocenters. The van der Waals surface area contributed by atoms with E-state index in [4.69, 9.17) is 0 Å². The summed E-state index contributed by atoms with van der Waals surface area (Å²) in [6.07, 6.45) is 7.56. The van der Waals surface area contributed by atoms with Gasteiger partial charge in [-0.1, -0.05) is 47.0 Å². The Morgan fingerprint density at radius 1 is 0.786 bits per heavy atom. The largest absolute Gasteiger partial charge is 0.103 e. The van der Waals surface area contributed by atoms with Crippen LogP contribution in [0.1, 0.15) is 66.2 Å². The first-order valence-corrected chi connectivity index (χ1v) is 6.08. The third-order valence-corrected chi connectivity index (χ3v) is 2.22. The number of rotatable bonds is 6. The molecule has 0 fully saturated rings. The van der Waals surface area contributed by atoms with Crippen molar-refractivity contribution in [3.8, 4) is 11.8 Å². The molecule has 0 radical (unpaired) electrons. The Labute approximate surface area is 90.5 Å². The molecule has 0 aromatic rings. The minimum atomic E-state index is 0.725. The molecule has 0 N–H and O–H groups in total. The first-order chi connectivity index (χ1) is 6.63. The van der Waals surface area contributed by atoms with Crippen molar-refractivity contribution in [3.05, 3.63) is 0 Å². The molecule has 0 heteroatoms. The van der Waals surface area contributed by atoms with E-state index in [0.29, 0.717) is 0 Å². The maximum atomic E-state index is 3.25. The SMILES string of the molecule is CC(C)CC#CCCCCCC(C)C. The fourth-order valence-corrected chi connectivity index (χ4v) is 1.31. The number of hydrogen-bond acceptors (Lipinski definition) is 0. The molecule has 0 heterocycles. The van der Waals surface area contributed by atoms with Gasteiger partial charge in [-0.3, -0.25) is 0 Å². The van der Waals surface area contributed by atoms with Gasteiger partial charge in [-0.15, -0.1) is 11.8 Å². The van der Waals surface area contributed by atoms with Gasteiger partial charge in [0.25, 0.3) is 0 Å². The summed E-state index contributed by atoms with van der Waals surface area (Å²) in [7, 11) is 0. The molecular weight excluding hydrogens is 168 g/mol. The predicted octanol–water partition coefficient (Wildman–Crippen LogP) is 4.64. The molecule has 0 saturated heterocycles. The van der Waals surface area contributed by atoms with Gasteiger partial charge in [0.1, 0.15) is 0 Å². The number of hydrogen-bond donors (Lipinski definition) is 0. The standard InChI is InChI=1S/C14H26/c1-13(2)11-9-7-5-6-8-10-12-14(3)4/h13-14H,5-7,9,11-12H2,1-4H3. The van der Waals surface area contributed by atoms with E-state index in [2.05, 4.69) is 39.5 Å². The van der Waals surface area contributed by atoms with Gasteiger partial charge < -0.3 is 0 Å². The molecule has 0 aromatic carbocycles. The van der Waals surface area contributed by atoms with Crippen LogP contribution in [0.5, 0.6) is 0 Å². The zero-order chi connectivity index (χ0) is 10.8. The molecule has 0 saturated carbocycles. The Balaban J connectivity index is 3.15. The lowest BCUT2D eigenvalue weighted by Crippen LogP contribution is -1.86. The highest BCUT2D eigenvalue weighted by Gasteiger charge is 1.93. The highest BCUT2D eigenvalue weighted by molar-refractivity contribution is 4.99. The van der Waals surface area contributed by atoms with Crippen LogP contribution in [0, 0.1) is 23.7 Å². The summed E-state index contributed by atoms with van der Waals surface area (Å²) in [5.41, 5.74) is 0. The van der Waals surface area contributed by atoms with E-state index in [9.17, 15) is 0 Å². The summed E-state index contributed by atoms with van der Waals surface area (Å²) >= 11 is 0. The lowest BCUT2D eigenvalue weighted by molar-refractivity contribution is 0.529. The third kappa shape index (κ3) is 11.6. The Kier molecular flexibility index (Phi) is 8.84. The molecule has 0 aromatic heterocycles. The lowest BCUT2D eigenvalue weighted by atomic mass is 10.0. The smallest absolute Gasteiger partial charge is 0.0112 e. The fourth-order valence-electron chi connectivity index (χ4n) is 1.31. The van der Waals surface area contributed by atoms with Gasteiger partial charge in [-0.25, -0.2) is 0 Å². The molecule has 0 spiro atoms. The zero-order valence-electron chi connectivity index (χ0n) is 10.4. The second kappa shape index (κ2) is 9.13. The van der Waals surface area contributed by atoms with Crippen LogP contribution in [0.25, 0.3) is 0 Å². The summed E-state index contributed by atoms with van der Waals surface area (Å²) in [6, 6.07) is 0. The minimum Gasteiger partial charge on any atom is -0.103 e. The van der Waals surface area contributed by atoms with E-state index >= 15 is 0 Å². The van der Waals surface area contributed by atoms with Gasteiger partial charge in [-0.2, -0.15) is 0 Å². The van der Waals surface area contributed by atoms with Crippen LogP contribution in [0.4, 0.5) is 0 Å². The average Bonchev–Trinajstić information content (AvgIpc) is 2.08. The van der Waals surface area contributed by atoms with Crippen LogP contribution >= 0.6 is 0 Å². The Bertz CT molecular complexity index is 166. The van der Waals surface area contributed by atoms with Crippen molar-refractivity contribution in [2.75, 3.05) is 0 Å². The van der Waals surface area contributed by atoms with Gasteiger partial charge in [0, 0.05) is 12.8 Å². The average molecular weight is 194 g/mol. The van der Waals surface area contributed by atoms with Crippen molar-refractivity contribution in [1.82, 2.24) is 0 Å². The molecule has 0 amide bonds. The van der Waals surface area contributed by atoms with E-state index in [1.165, 1.54) is 25.7 Å². The Hall–Kier alpha value is -0.440. The molecule has 0 atom stereocenters. The molecule has 0 nitrogen and oxygen atoms in total. The normalized spacial score (nSPS) is 10.4. The van der Waals surface area contributed by atoms with Gasteiger partial charge in [-0.05, 0) is 18.3 Å². The Morgan fingerprint density at radius 2 is 1.50 bits per heavy atom. The fraction of sp³-hybridized carbons (Fsp3) is 0.857. The van der Waals surface area contributed by atoms with E-state index in [1.54, 1.807) is 0 Å². The highest BCUT2D eigenvalue weighted by atomic mass is 14.0. The molecule has 14 heavy (non-hydrogen) atoms. The highest BCUT2D eigenvalue weighted by Crippen LogP contribution is 2.08.